The molecule has 0 N–H and O–H groups in total. The Balaban J connectivity index is 1.83. The van der Waals surface area contributed by atoms with Crippen LogP contribution in [-0.4, -0.2) is 29.1 Å². The Labute approximate surface area is 105 Å². The van der Waals surface area contributed by atoms with Crippen LogP contribution in [0.25, 0.3) is 0 Å². The SMILES string of the molecule is CC12CCCC13OC(C2=O)C1(C=CC(=O)C=C1)O3. The van der Waals surface area contributed by atoms with E-state index >= 15 is 0 Å². The molecule has 2 bridgehead atoms. The summed E-state index contributed by atoms with van der Waals surface area (Å²) in [5.41, 5.74) is -1.36. The standard InChI is InChI=1S/C14H14O4/c1-12-5-2-6-14(12)17-11(10(12)16)13(18-14)7-3-9(15)4-8-13/h3-4,7-8,11H,2,5-6H2,1H3. The summed E-state index contributed by atoms with van der Waals surface area (Å²) in [6.07, 6.45) is 8.18. The number of ether oxygens (including phenoxy) is 2. The van der Waals surface area contributed by atoms with Crippen molar-refractivity contribution in [2.45, 2.75) is 43.7 Å². The van der Waals surface area contributed by atoms with E-state index in [0.29, 0.717) is 0 Å². The number of hydrogen-bond donors (Lipinski definition) is 0. The second kappa shape index (κ2) is 2.83. The molecule has 4 rings (SSSR count). The fraction of sp³-hybridized carbons (Fsp3) is 0.571. The van der Waals surface area contributed by atoms with Gasteiger partial charge in [-0.1, -0.05) is 0 Å². The zero-order valence-corrected chi connectivity index (χ0v) is 10.1. The van der Waals surface area contributed by atoms with Crippen molar-refractivity contribution in [2.24, 2.45) is 5.41 Å². The van der Waals surface area contributed by atoms with Crippen molar-refractivity contribution in [3.8, 4) is 0 Å². The Morgan fingerprint density at radius 2 is 1.94 bits per heavy atom. The highest BCUT2D eigenvalue weighted by Crippen LogP contribution is 2.64. The molecule has 3 unspecified atom stereocenters. The van der Waals surface area contributed by atoms with Gasteiger partial charge in [-0.15, -0.1) is 0 Å². The Bertz CT molecular complexity index is 516. The number of ketones is 2. The van der Waals surface area contributed by atoms with Crippen LogP contribution in [0, 0.1) is 5.41 Å². The van der Waals surface area contributed by atoms with Crippen LogP contribution >= 0.6 is 0 Å². The molecule has 2 saturated heterocycles. The number of carbonyl (C=O) groups excluding carboxylic acids is 2. The molecule has 4 heteroatoms. The van der Waals surface area contributed by atoms with Gasteiger partial charge >= 0.3 is 0 Å². The molecule has 2 aliphatic heterocycles. The van der Waals surface area contributed by atoms with Gasteiger partial charge in [-0.25, -0.2) is 0 Å². The molecule has 0 aromatic carbocycles. The van der Waals surface area contributed by atoms with Crippen LogP contribution in [0.4, 0.5) is 0 Å². The van der Waals surface area contributed by atoms with Crippen LogP contribution in [0.15, 0.2) is 24.3 Å². The van der Waals surface area contributed by atoms with Gasteiger partial charge in [-0.05, 0) is 44.1 Å². The molecule has 0 amide bonds. The Morgan fingerprint density at radius 1 is 1.22 bits per heavy atom. The van der Waals surface area contributed by atoms with Gasteiger partial charge < -0.3 is 9.47 Å². The van der Waals surface area contributed by atoms with Crippen LogP contribution in [0.3, 0.4) is 0 Å². The molecule has 2 heterocycles. The Kier molecular flexibility index (Phi) is 1.68. The molecule has 18 heavy (non-hydrogen) atoms. The summed E-state index contributed by atoms with van der Waals surface area (Å²) in [7, 11) is 0. The molecule has 3 fully saturated rings. The fourth-order valence-electron chi connectivity index (χ4n) is 3.78. The van der Waals surface area contributed by atoms with Crippen LogP contribution < -0.4 is 0 Å². The lowest BCUT2D eigenvalue weighted by Gasteiger charge is -2.40. The van der Waals surface area contributed by atoms with Gasteiger partial charge in [-0.2, -0.15) is 0 Å². The zero-order valence-electron chi connectivity index (χ0n) is 10.1. The summed E-state index contributed by atoms with van der Waals surface area (Å²) in [5.74, 6) is -0.731. The third-order valence-electron chi connectivity index (χ3n) is 4.88. The molecule has 1 saturated carbocycles. The van der Waals surface area contributed by atoms with E-state index in [0.717, 1.165) is 19.3 Å². The smallest absolute Gasteiger partial charge is 0.183 e. The molecule has 0 aromatic rings. The molecule has 4 nitrogen and oxygen atoms in total. The third-order valence-corrected chi connectivity index (χ3v) is 4.88. The zero-order chi connectivity index (χ0) is 12.6. The van der Waals surface area contributed by atoms with Crippen LogP contribution in [-0.2, 0) is 19.1 Å². The minimum absolute atomic E-state index is 0.0777. The molecule has 2 spiro atoms. The predicted octanol–water partition coefficient (Wildman–Crippen LogP) is 1.30. The van der Waals surface area contributed by atoms with Crippen molar-refractivity contribution in [3.63, 3.8) is 0 Å². The number of allylic oxidation sites excluding steroid dienone is 2. The molecular formula is C14H14O4. The van der Waals surface area contributed by atoms with Crippen molar-refractivity contribution >= 4 is 11.6 Å². The van der Waals surface area contributed by atoms with E-state index in [1.54, 1.807) is 12.2 Å². The first-order chi connectivity index (χ1) is 8.52. The second-order valence-corrected chi connectivity index (χ2v) is 5.83. The fourth-order valence-corrected chi connectivity index (χ4v) is 3.78. The van der Waals surface area contributed by atoms with E-state index < -0.39 is 22.9 Å². The van der Waals surface area contributed by atoms with E-state index in [4.69, 9.17) is 9.47 Å². The van der Waals surface area contributed by atoms with Gasteiger partial charge in [0, 0.05) is 6.42 Å². The maximum absolute atomic E-state index is 12.6. The summed E-state index contributed by atoms with van der Waals surface area (Å²) < 4.78 is 12.1. The highest BCUT2D eigenvalue weighted by Gasteiger charge is 2.76. The van der Waals surface area contributed by atoms with Gasteiger partial charge in [-0.3, -0.25) is 9.59 Å². The van der Waals surface area contributed by atoms with E-state index in [1.165, 1.54) is 12.2 Å². The Morgan fingerprint density at radius 3 is 2.67 bits per heavy atom. The highest BCUT2D eigenvalue weighted by atomic mass is 16.8. The van der Waals surface area contributed by atoms with Crippen molar-refractivity contribution in [1.82, 2.24) is 0 Å². The monoisotopic (exact) mass is 246 g/mol. The minimum Gasteiger partial charge on any atom is -0.334 e. The summed E-state index contributed by atoms with van der Waals surface area (Å²) in [6.45, 7) is 1.94. The lowest BCUT2D eigenvalue weighted by Crippen LogP contribution is -2.55. The van der Waals surface area contributed by atoms with E-state index in [2.05, 4.69) is 0 Å². The Hall–Kier alpha value is -1.26. The van der Waals surface area contributed by atoms with Gasteiger partial charge in [0.05, 0.1) is 5.41 Å². The summed E-state index contributed by atoms with van der Waals surface area (Å²) in [5, 5.41) is 0. The topological polar surface area (TPSA) is 52.6 Å². The van der Waals surface area contributed by atoms with Crippen LogP contribution in [0.1, 0.15) is 26.2 Å². The lowest BCUT2D eigenvalue weighted by molar-refractivity contribution is -0.209. The van der Waals surface area contributed by atoms with Gasteiger partial charge in [0.1, 0.15) is 5.60 Å². The third kappa shape index (κ3) is 0.929. The summed E-state index contributed by atoms with van der Waals surface area (Å²) in [4.78, 5) is 23.8. The average Bonchev–Trinajstić information content (AvgIpc) is 2.90. The van der Waals surface area contributed by atoms with Gasteiger partial charge in [0.25, 0.3) is 0 Å². The van der Waals surface area contributed by atoms with Crippen molar-refractivity contribution < 1.29 is 19.1 Å². The molecule has 4 aliphatic rings. The molecule has 2 aliphatic carbocycles. The predicted molar refractivity (Wildman–Crippen MR) is 61.7 cm³/mol. The van der Waals surface area contributed by atoms with Crippen molar-refractivity contribution in [3.05, 3.63) is 24.3 Å². The number of fused-ring (bicyclic) bond motifs is 2. The van der Waals surface area contributed by atoms with Crippen LogP contribution in [0.2, 0.25) is 0 Å². The number of Topliss-reactive ketones (excluding diaryl/α,β-unsaturated/α-hetero) is 1. The van der Waals surface area contributed by atoms with Gasteiger partial charge in [0.15, 0.2) is 23.5 Å². The molecular weight excluding hydrogens is 232 g/mol. The van der Waals surface area contributed by atoms with Gasteiger partial charge in [0.2, 0.25) is 0 Å². The number of carbonyl (C=O) groups is 2. The lowest BCUT2D eigenvalue weighted by atomic mass is 9.73. The maximum atomic E-state index is 12.6. The number of rotatable bonds is 0. The largest absolute Gasteiger partial charge is 0.334 e. The van der Waals surface area contributed by atoms with Crippen molar-refractivity contribution in [2.75, 3.05) is 0 Å². The maximum Gasteiger partial charge on any atom is 0.183 e. The van der Waals surface area contributed by atoms with E-state index in [1.807, 2.05) is 6.92 Å². The van der Waals surface area contributed by atoms with E-state index in [-0.39, 0.29) is 11.6 Å². The quantitative estimate of drug-likeness (QED) is 0.646. The minimum atomic E-state index is -0.852. The average molecular weight is 246 g/mol. The molecule has 94 valence electrons. The summed E-state index contributed by atoms with van der Waals surface area (Å²) >= 11 is 0. The summed E-state index contributed by atoms with van der Waals surface area (Å²) in [6, 6.07) is 0. The first-order valence-corrected chi connectivity index (χ1v) is 6.36. The number of hydrogen-bond acceptors (Lipinski definition) is 4. The first kappa shape index (κ1) is 10.6. The molecule has 3 atom stereocenters. The highest BCUT2D eigenvalue weighted by molar-refractivity contribution is 6.02. The normalized spacial score (nSPS) is 47.3. The first-order valence-electron chi connectivity index (χ1n) is 6.36. The second-order valence-electron chi connectivity index (χ2n) is 5.83. The molecule has 0 radical (unpaired) electrons. The van der Waals surface area contributed by atoms with E-state index in [9.17, 15) is 9.59 Å². The van der Waals surface area contributed by atoms with Crippen LogP contribution in [0.5, 0.6) is 0 Å². The molecule has 0 aromatic heterocycles. The van der Waals surface area contributed by atoms with Crippen molar-refractivity contribution in [1.29, 1.82) is 0 Å².